The molecule has 102 valence electrons. The number of carbonyl (C=O) groups is 1. The van der Waals surface area contributed by atoms with Crippen LogP contribution in [0.1, 0.15) is 38.2 Å². The average molecular weight is 259 g/mol. The second-order valence-corrected chi connectivity index (χ2v) is 5.91. The Kier molecular flexibility index (Phi) is 3.09. The first kappa shape index (κ1) is 12.7. The van der Waals surface area contributed by atoms with Crippen LogP contribution in [0.3, 0.4) is 0 Å². The Morgan fingerprint density at radius 3 is 2.89 bits per heavy atom. The quantitative estimate of drug-likeness (QED) is 0.817. The molecule has 0 aliphatic carbocycles. The number of rotatable bonds is 2. The summed E-state index contributed by atoms with van der Waals surface area (Å²) in [5, 5.41) is 0. The smallest absolute Gasteiger partial charge is 0.237 e. The normalized spacial score (nSPS) is 30.5. The highest BCUT2D eigenvalue weighted by molar-refractivity contribution is 6.07. The highest BCUT2D eigenvalue weighted by atomic mass is 16.5. The van der Waals surface area contributed by atoms with Crippen LogP contribution in [0.25, 0.3) is 0 Å². The molecule has 3 heteroatoms. The van der Waals surface area contributed by atoms with E-state index in [1.54, 1.807) is 4.90 Å². The lowest BCUT2D eigenvalue weighted by Gasteiger charge is -2.31. The Balaban J connectivity index is 1.91. The fourth-order valence-electron chi connectivity index (χ4n) is 3.45. The SMILES string of the molecule is CN1C(=O)C(C)(CC2CCCCO2)c2ccccc21. The standard InChI is InChI=1S/C16H21NO2/c1-16(11-12-7-5-6-10-19-12)13-8-3-4-9-14(13)17(2)15(16)18/h3-4,8-9,12H,5-7,10-11H2,1-2H3. The van der Waals surface area contributed by atoms with E-state index in [9.17, 15) is 4.79 Å². The first-order valence-electron chi connectivity index (χ1n) is 7.12. The largest absolute Gasteiger partial charge is 0.378 e. The summed E-state index contributed by atoms with van der Waals surface area (Å²) in [6, 6.07) is 8.12. The van der Waals surface area contributed by atoms with E-state index in [1.807, 2.05) is 25.2 Å². The molecule has 1 amide bonds. The summed E-state index contributed by atoms with van der Waals surface area (Å²) >= 11 is 0. The maximum atomic E-state index is 12.6. The van der Waals surface area contributed by atoms with Crippen LogP contribution in [0.4, 0.5) is 5.69 Å². The molecular weight excluding hydrogens is 238 g/mol. The molecule has 0 N–H and O–H groups in total. The molecule has 1 aromatic rings. The second kappa shape index (κ2) is 4.64. The van der Waals surface area contributed by atoms with Gasteiger partial charge in [-0.25, -0.2) is 0 Å². The highest BCUT2D eigenvalue weighted by Gasteiger charge is 2.47. The van der Waals surface area contributed by atoms with Crippen LogP contribution < -0.4 is 4.90 Å². The second-order valence-electron chi connectivity index (χ2n) is 5.91. The number of amides is 1. The minimum Gasteiger partial charge on any atom is -0.378 e. The van der Waals surface area contributed by atoms with Gasteiger partial charge in [-0.05, 0) is 44.2 Å². The lowest BCUT2D eigenvalue weighted by Crippen LogP contribution is -2.40. The van der Waals surface area contributed by atoms with Gasteiger partial charge in [-0.15, -0.1) is 0 Å². The summed E-state index contributed by atoms with van der Waals surface area (Å²) in [5.41, 5.74) is 1.77. The molecule has 2 unspecified atom stereocenters. The zero-order valence-electron chi connectivity index (χ0n) is 11.7. The van der Waals surface area contributed by atoms with Gasteiger partial charge < -0.3 is 9.64 Å². The van der Waals surface area contributed by atoms with Crippen molar-refractivity contribution >= 4 is 11.6 Å². The van der Waals surface area contributed by atoms with Gasteiger partial charge >= 0.3 is 0 Å². The maximum absolute atomic E-state index is 12.6. The van der Waals surface area contributed by atoms with E-state index in [0.29, 0.717) is 0 Å². The number of hydrogen-bond acceptors (Lipinski definition) is 2. The first-order valence-corrected chi connectivity index (χ1v) is 7.12. The number of para-hydroxylation sites is 1. The van der Waals surface area contributed by atoms with Gasteiger partial charge in [-0.3, -0.25) is 4.79 Å². The summed E-state index contributed by atoms with van der Waals surface area (Å²) in [6.07, 6.45) is 4.47. The summed E-state index contributed by atoms with van der Waals surface area (Å²) in [7, 11) is 1.87. The van der Waals surface area contributed by atoms with Crippen LogP contribution in [0.5, 0.6) is 0 Å². The third kappa shape index (κ3) is 1.96. The van der Waals surface area contributed by atoms with E-state index in [0.717, 1.165) is 37.1 Å². The van der Waals surface area contributed by atoms with Gasteiger partial charge in [-0.2, -0.15) is 0 Å². The molecule has 2 atom stereocenters. The van der Waals surface area contributed by atoms with Gasteiger partial charge in [0.15, 0.2) is 0 Å². The zero-order chi connectivity index (χ0) is 13.5. The predicted octanol–water partition coefficient (Wildman–Crippen LogP) is 2.88. The van der Waals surface area contributed by atoms with Crippen molar-refractivity contribution in [2.75, 3.05) is 18.6 Å². The third-order valence-electron chi connectivity index (χ3n) is 4.55. The number of likely N-dealkylation sites (N-methyl/N-ethyl adjacent to an activating group) is 1. The van der Waals surface area contributed by atoms with E-state index in [-0.39, 0.29) is 12.0 Å². The number of hydrogen-bond donors (Lipinski definition) is 0. The van der Waals surface area contributed by atoms with Crippen LogP contribution in [0, 0.1) is 0 Å². The van der Waals surface area contributed by atoms with Gasteiger partial charge in [0.05, 0.1) is 11.5 Å². The minimum atomic E-state index is -0.423. The molecule has 3 nitrogen and oxygen atoms in total. The molecule has 1 fully saturated rings. The Morgan fingerprint density at radius 2 is 2.16 bits per heavy atom. The summed E-state index contributed by atoms with van der Waals surface area (Å²) in [4.78, 5) is 14.4. The van der Waals surface area contributed by atoms with Crippen LogP contribution in [0.2, 0.25) is 0 Å². The molecule has 2 heterocycles. The first-order chi connectivity index (χ1) is 9.13. The van der Waals surface area contributed by atoms with Crippen molar-refractivity contribution < 1.29 is 9.53 Å². The van der Waals surface area contributed by atoms with Gasteiger partial charge in [0.2, 0.25) is 5.91 Å². The summed E-state index contributed by atoms with van der Waals surface area (Å²) in [5.74, 6) is 0.197. The van der Waals surface area contributed by atoms with Crippen molar-refractivity contribution in [2.45, 2.75) is 44.1 Å². The predicted molar refractivity (Wildman–Crippen MR) is 75.4 cm³/mol. The fourth-order valence-corrected chi connectivity index (χ4v) is 3.45. The number of benzene rings is 1. The number of nitrogens with zero attached hydrogens (tertiary/aromatic N) is 1. The maximum Gasteiger partial charge on any atom is 0.237 e. The molecule has 2 aliphatic heterocycles. The van der Waals surface area contributed by atoms with Crippen LogP contribution >= 0.6 is 0 Å². The molecule has 1 saturated heterocycles. The molecule has 19 heavy (non-hydrogen) atoms. The Hall–Kier alpha value is -1.35. The Labute approximate surface area is 114 Å². The molecule has 0 radical (unpaired) electrons. The molecule has 0 aromatic heterocycles. The van der Waals surface area contributed by atoms with E-state index in [1.165, 1.54) is 6.42 Å². The number of carbonyl (C=O) groups excluding carboxylic acids is 1. The van der Waals surface area contributed by atoms with E-state index < -0.39 is 5.41 Å². The molecule has 0 saturated carbocycles. The molecule has 0 spiro atoms. The Bertz CT molecular complexity index is 493. The number of fused-ring (bicyclic) bond motifs is 1. The molecular formula is C16H21NO2. The molecule has 2 aliphatic rings. The van der Waals surface area contributed by atoms with Crippen LogP contribution in [0.15, 0.2) is 24.3 Å². The molecule has 3 rings (SSSR count). The highest BCUT2D eigenvalue weighted by Crippen LogP contribution is 2.44. The van der Waals surface area contributed by atoms with Crippen LogP contribution in [-0.2, 0) is 14.9 Å². The fraction of sp³-hybridized carbons (Fsp3) is 0.562. The van der Waals surface area contributed by atoms with Crippen molar-refractivity contribution in [3.63, 3.8) is 0 Å². The van der Waals surface area contributed by atoms with Gasteiger partial charge in [-0.1, -0.05) is 18.2 Å². The number of anilines is 1. The van der Waals surface area contributed by atoms with Gasteiger partial charge in [0, 0.05) is 19.3 Å². The zero-order valence-corrected chi connectivity index (χ0v) is 11.7. The van der Waals surface area contributed by atoms with Crippen molar-refractivity contribution in [1.29, 1.82) is 0 Å². The topological polar surface area (TPSA) is 29.5 Å². The van der Waals surface area contributed by atoms with Crippen molar-refractivity contribution in [3.8, 4) is 0 Å². The Morgan fingerprint density at radius 1 is 1.37 bits per heavy atom. The minimum absolute atomic E-state index is 0.197. The summed E-state index contributed by atoms with van der Waals surface area (Å²) in [6.45, 7) is 2.90. The lowest BCUT2D eigenvalue weighted by atomic mass is 9.78. The van der Waals surface area contributed by atoms with Crippen molar-refractivity contribution in [3.05, 3.63) is 29.8 Å². The monoisotopic (exact) mass is 259 g/mol. The summed E-state index contributed by atoms with van der Waals surface area (Å²) < 4.78 is 5.83. The molecule has 1 aromatic carbocycles. The third-order valence-corrected chi connectivity index (χ3v) is 4.55. The van der Waals surface area contributed by atoms with Gasteiger partial charge in [0.25, 0.3) is 0 Å². The van der Waals surface area contributed by atoms with E-state index in [4.69, 9.17) is 4.74 Å². The van der Waals surface area contributed by atoms with Gasteiger partial charge in [0.1, 0.15) is 0 Å². The lowest BCUT2D eigenvalue weighted by molar-refractivity contribution is -0.124. The molecule has 0 bridgehead atoms. The van der Waals surface area contributed by atoms with E-state index >= 15 is 0 Å². The van der Waals surface area contributed by atoms with E-state index in [2.05, 4.69) is 13.0 Å². The average Bonchev–Trinajstić information content (AvgIpc) is 2.63. The van der Waals surface area contributed by atoms with Crippen LogP contribution in [-0.4, -0.2) is 25.7 Å². The van der Waals surface area contributed by atoms with Crippen molar-refractivity contribution in [1.82, 2.24) is 0 Å². The number of ether oxygens (including phenoxy) is 1. The van der Waals surface area contributed by atoms with Crippen molar-refractivity contribution in [2.24, 2.45) is 0 Å².